The number of aryl methyl sites for hydroxylation is 1. The first kappa shape index (κ1) is 27.1. The van der Waals surface area contributed by atoms with Crippen molar-refractivity contribution in [3.8, 4) is 0 Å². The third-order valence-electron chi connectivity index (χ3n) is 7.25. The van der Waals surface area contributed by atoms with Crippen LogP contribution in [-0.2, 0) is 9.59 Å². The first-order valence-electron chi connectivity index (χ1n) is 12.9. The van der Waals surface area contributed by atoms with Crippen LogP contribution in [0.1, 0.15) is 64.6 Å². The standard InChI is InChI=1S/C24H40FN7O3/c1-4-30(5-2)15-20-11-8-12-32(20)23-21(25)22(26-17(3)27-23)28-29-24(34)19(14-31(35)16-33)13-18-9-6-7-10-18/h16,18-20,35H,4-15H2,1-3H3,(H,29,34)(H,26,27,28)/t19-,20+/m1/s1. The molecule has 2 heterocycles. The van der Waals surface area contributed by atoms with E-state index in [1.807, 2.05) is 4.90 Å². The van der Waals surface area contributed by atoms with Crippen LogP contribution in [0.5, 0.6) is 0 Å². The maximum atomic E-state index is 15.5. The number of nitrogens with one attached hydrogen (secondary N) is 2. The van der Waals surface area contributed by atoms with Gasteiger partial charge in [-0.15, -0.1) is 0 Å². The van der Waals surface area contributed by atoms with Crippen LogP contribution in [0.25, 0.3) is 0 Å². The van der Waals surface area contributed by atoms with Gasteiger partial charge in [0, 0.05) is 19.1 Å². The number of anilines is 2. The minimum atomic E-state index is -0.622. The van der Waals surface area contributed by atoms with Crippen molar-refractivity contribution in [2.24, 2.45) is 11.8 Å². The highest BCUT2D eigenvalue weighted by atomic mass is 19.1. The highest BCUT2D eigenvalue weighted by Gasteiger charge is 2.31. The predicted octanol–water partition coefficient (Wildman–Crippen LogP) is 2.72. The lowest BCUT2D eigenvalue weighted by molar-refractivity contribution is -0.154. The van der Waals surface area contributed by atoms with E-state index in [1.54, 1.807) is 6.92 Å². The van der Waals surface area contributed by atoms with E-state index in [9.17, 15) is 14.8 Å². The number of rotatable bonds is 13. The third kappa shape index (κ3) is 7.23. The van der Waals surface area contributed by atoms with E-state index < -0.39 is 17.6 Å². The molecule has 10 nitrogen and oxygen atoms in total. The second-order valence-corrected chi connectivity index (χ2v) is 9.66. The molecule has 35 heavy (non-hydrogen) atoms. The number of likely N-dealkylation sites (N-methyl/N-ethyl adjacent to an activating group) is 1. The van der Waals surface area contributed by atoms with Crippen LogP contribution < -0.4 is 15.8 Å². The summed E-state index contributed by atoms with van der Waals surface area (Å²) in [6.45, 7) is 9.23. The third-order valence-corrected chi connectivity index (χ3v) is 7.25. The van der Waals surface area contributed by atoms with Crippen LogP contribution in [0.4, 0.5) is 16.0 Å². The number of halogens is 1. The Labute approximate surface area is 207 Å². The Morgan fingerprint density at radius 2 is 1.94 bits per heavy atom. The van der Waals surface area contributed by atoms with Gasteiger partial charge in [0.05, 0.1) is 12.5 Å². The summed E-state index contributed by atoms with van der Waals surface area (Å²) in [6.07, 6.45) is 7.06. The molecule has 1 saturated heterocycles. The van der Waals surface area contributed by atoms with Crippen molar-refractivity contribution >= 4 is 24.0 Å². The quantitative estimate of drug-likeness (QED) is 0.218. The lowest BCUT2D eigenvalue weighted by Gasteiger charge is -2.31. The molecule has 0 radical (unpaired) electrons. The van der Waals surface area contributed by atoms with Crippen LogP contribution in [0, 0.1) is 24.6 Å². The number of hydroxylamine groups is 2. The van der Waals surface area contributed by atoms with Crippen molar-refractivity contribution < 1.29 is 19.2 Å². The Morgan fingerprint density at radius 1 is 1.23 bits per heavy atom. The smallest absolute Gasteiger partial charge is 0.243 e. The molecule has 1 aliphatic heterocycles. The minimum Gasteiger partial charge on any atom is -0.350 e. The van der Waals surface area contributed by atoms with Crippen molar-refractivity contribution in [1.82, 2.24) is 25.4 Å². The number of amides is 2. The van der Waals surface area contributed by atoms with Gasteiger partial charge in [0.15, 0.2) is 11.6 Å². The maximum Gasteiger partial charge on any atom is 0.243 e. The molecule has 0 spiro atoms. The number of hydrazine groups is 1. The molecule has 0 bridgehead atoms. The van der Waals surface area contributed by atoms with E-state index in [0.717, 1.165) is 58.2 Å². The van der Waals surface area contributed by atoms with E-state index in [2.05, 4.69) is 39.6 Å². The summed E-state index contributed by atoms with van der Waals surface area (Å²) in [5.74, 6) is -0.727. The van der Waals surface area contributed by atoms with Gasteiger partial charge >= 0.3 is 0 Å². The van der Waals surface area contributed by atoms with Crippen LogP contribution in [0.15, 0.2) is 0 Å². The largest absolute Gasteiger partial charge is 0.350 e. The van der Waals surface area contributed by atoms with Crippen LogP contribution >= 0.6 is 0 Å². The molecule has 2 aliphatic rings. The minimum absolute atomic E-state index is 0.0924. The van der Waals surface area contributed by atoms with Crippen molar-refractivity contribution in [3.63, 3.8) is 0 Å². The fraction of sp³-hybridized carbons (Fsp3) is 0.750. The highest BCUT2D eigenvalue weighted by molar-refractivity contribution is 5.80. The first-order valence-corrected chi connectivity index (χ1v) is 12.9. The SMILES string of the molecule is CCN(CC)C[C@@H]1CCCN1c1nc(C)nc(NNC(=O)[C@H](CC2CCCC2)CN(O)C=O)c1F. The molecule has 3 N–H and O–H groups in total. The van der Waals surface area contributed by atoms with Gasteiger partial charge in [-0.3, -0.25) is 25.6 Å². The maximum absolute atomic E-state index is 15.5. The highest BCUT2D eigenvalue weighted by Crippen LogP contribution is 2.31. The van der Waals surface area contributed by atoms with Gasteiger partial charge in [0.1, 0.15) is 5.82 Å². The molecule has 2 amide bonds. The molecule has 3 rings (SSSR count). The monoisotopic (exact) mass is 493 g/mol. The zero-order valence-electron chi connectivity index (χ0n) is 21.2. The summed E-state index contributed by atoms with van der Waals surface area (Å²) in [6, 6.07) is 0.163. The number of hydrogen-bond acceptors (Lipinski definition) is 8. The number of carbonyl (C=O) groups excluding carboxylic acids is 2. The van der Waals surface area contributed by atoms with Crippen LogP contribution in [0.2, 0.25) is 0 Å². The molecule has 11 heteroatoms. The van der Waals surface area contributed by atoms with E-state index in [4.69, 9.17) is 0 Å². The Kier molecular flexibility index (Phi) is 10.0. The lowest BCUT2D eigenvalue weighted by atomic mass is 9.92. The number of hydrogen-bond donors (Lipinski definition) is 3. The normalized spacial score (nSPS) is 19.3. The molecule has 1 aromatic heterocycles. The molecule has 1 aromatic rings. The average molecular weight is 494 g/mol. The van der Waals surface area contributed by atoms with Gasteiger partial charge in [0.25, 0.3) is 0 Å². The van der Waals surface area contributed by atoms with Crippen molar-refractivity contribution in [2.75, 3.05) is 43.0 Å². The summed E-state index contributed by atoms with van der Waals surface area (Å²) in [5, 5.41) is 10.2. The van der Waals surface area contributed by atoms with Gasteiger partial charge in [-0.1, -0.05) is 39.5 Å². The van der Waals surface area contributed by atoms with Crippen LogP contribution in [0.3, 0.4) is 0 Å². The second-order valence-electron chi connectivity index (χ2n) is 9.66. The molecule has 0 aromatic carbocycles. The predicted molar refractivity (Wildman–Crippen MR) is 131 cm³/mol. The van der Waals surface area contributed by atoms with E-state index in [1.165, 1.54) is 0 Å². The van der Waals surface area contributed by atoms with Gasteiger partial charge in [-0.2, -0.15) is 4.39 Å². The molecular weight excluding hydrogens is 453 g/mol. The van der Waals surface area contributed by atoms with Crippen molar-refractivity contribution in [3.05, 3.63) is 11.6 Å². The molecule has 1 aliphatic carbocycles. The Balaban J connectivity index is 1.71. The van der Waals surface area contributed by atoms with E-state index in [-0.39, 0.29) is 30.6 Å². The molecule has 2 fully saturated rings. The average Bonchev–Trinajstić information content (AvgIpc) is 3.54. The summed E-state index contributed by atoms with van der Waals surface area (Å²) >= 11 is 0. The van der Waals surface area contributed by atoms with Gasteiger partial charge < -0.3 is 9.80 Å². The number of aromatic nitrogens is 2. The van der Waals surface area contributed by atoms with Crippen LogP contribution in [-0.4, -0.2) is 76.2 Å². The Bertz CT molecular complexity index is 849. The van der Waals surface area contributed by atoms with Crippen molar-refractivity contribution in [1.29, 1.82) is 0 Å². The number of nitrogens with zero attached hydrogens (tertiary/aromatic N) is 5. The summed E-state index contributed by atoms with van der Waals surface area (Å²) < 4.78 is 15.5. The van der Waals surface area contributed by atoms with E-state index >= 15 is 4.39 Å². The van der Waals surface area contributed by atoms with Crippen molar-refractivity contribution in [2.45, 2.75) is 71.8 Å². The fourth-order valence-electron chi connectivity index (χ4n) is 5.31. The summed E-state index contributed by atoms with van der Waals surface area (Å²) in [7, 11) is 0. The summed E-state index contributed by atoms with van der Waals surface area (Å²) in [4.78, 5) is 36.7. The zero-order valence-corrected chi connectivity index (χ0v) is 21.2. The van der Waals surface area contributed by atoms with Gasteiger partial charge in [0.2, 0.25) is 18.1 Å². The van der Waals surface area contributed by atoms with E-state index in [0.29, 0.717) is 29.8 Å². The summed E-state index contributed by atoms with van der Waals surface area (Å²) in [5.41, 5.74) is 5.19. The molecular formula is C24H40FN7O3. The molecule has 2 atom stereocenters. The Morgan fingerprint density at radius 3 is 2.60 bits per heavy atom. The zero-order chi connectivity index (χ0) is 25.4. The van der Waals surface area contributed by atoms with Gasteiger partial charge in [-0.25, -0.2) is 15.0 Å². The topological polar surface area (TPSA) is 114 Å². The molecule has 0 unspecified atom stereocenters. The van der Waals surface area contributed by atoms with Gasteiger partial charge in [-0.05, 0) is 45.2 Å². The number of carbonyl (C=O) groups is 2. The second kappa shape index (κ2) is 13.0. The first-order chi connectivity index (χ1) is 16.9. The Hall–Kier alpha value is -2.53. The lowest BCUT2D eigenvalue weighted by Crippen LogP contribution is -2.42. The molecule has 196 valence electrons. The fourth-order valence-corrected chi connectivity index (χ4v) is 5.31. The molecule has 1 saturated carbocycles.